The van der Waals surface area contributed by atoms with Gasteiger partial charge in [0.1, 0.15) is 22.3 Å². The summed E-state index contributed by atoms with van der Waals surface area (Å²) in [5.74, 6) is 1.75. The van der Waals surface area contributed by atoms with E-state index in [1.165, 1.54) is 5.39 Å². The normalized spacial score (nSPS) is 11.7. The highest BCUT2D eigenvalue weighted by atomic mass is 16.3. The summed E-state index contributed by atoms with van der Waals surface area (Å²) >= 11 is 0. The quantitative estimate of drug-likeness (QED) is 0.180. The van der Waals surface area contributed by atoms with Crippen molar-refractivity contribution in [3.63, 3.8) is 0 Å². The van der Waals surface area contributed by atoms with E-state index in [9.17, 15) is 0 Å². The van der Waals surface area contributed by atoms with Crippen molar-refractivity contribution in [2.75, 3.05) is 0 Å². The molecule has 252 valence electrons. The number of fused-ring (bicyclic) bond motifs is 7. The smallest absolute Gasteiger partial charge is 0.164 e. The zero-order valence-corrected chi connectivity index (χ0v) is 28.9. The van der Waals surface area contributed by atoms with E-state index in [4.69, 9.17) is 23.8 Å². The number of hydrogen-bond donors (Lipinski definition) is 0. The average molecular weight is 692 g/mol. The zero-order chi connectivity index (χ0) is 35.6. The lowest BCUT2D eigenvalue weighted by molar-refractivity contribution is 0.669. The van der Waals surface area contributed by atoms with Crippen LogP contribution in [0.2, 0.25) is 0 Å². The Hall–Kier alpha value is -7.37. The minimum Gasteiger partial charge on any atom is -0.456 e. The molecule has 54 heavy (non-hydrogen) atoms. The van der Waals surface area contributed by atoms with E-state index in [2.05, 4.69) is 109 Å². The Kier molecular flexibility index (Phi) is 6.79. The molecule has 0 spiro atoms. The van der Waals surface area contributed by atoms with Crippen molar-refractivity contribution in [3.05, 3.63) is 176 Å². The van der Waals surface area contributed by atoms with Gasteiger partial charge in [-0.3, -0.25) is 0 Å². The summed E-state index contributed by atoms with van der Waals surface area (Å²) < 4.78 is 13.0. The Morgan fingerprint density at radius 2 is 0.889 bits per heavy atom. The van der Waals surface area contributed by atoms with Crippen LogP contribution in [0.3, 0.4) is 0 Å². The Balaban J connectivity index is 1.16. The predicted molar refractivity (Wildman–Crippen MR) is 219 cm³/mol. The van der Waals surface area contributed by atoms with Crippen molar-refractivity contribution in [1.29, 1.82) is 0 Å². The van der Waals surface area contributed by atoms with E-state index < -0.39 is 0 Å². The molecule has 3 heterocycles. The lowest BCUT2D eigenvalue weighted by Crippen LogP contribution is -2.00. The third-order valence-electron chi connectivity index (χ3n) is 10.3. The molecule has 0 aliphatic rings. The first-order valence-corrected chi connectivity index (χ1v) is 18.0. The first-order valence-electron chi connectivity index (χ1n) is 18.0. The molecule has 0 bridgehead atoms. The second-order valence-corrected chi connectivity index (χ2v) is 13.6. The highest BCUT2D eigenvalue weighted by molar-refractivity contribution is 6.21. The second kappa shape index (κ2) is 12.1. The van der Waals surface area contributed by atoms with Gasteiger partial charge < -0.3 is 8.83 Å². The maximum atomic E-state index is 6.56. The van der Waals surface area contributed by atoms with Crippen LogP contribution in [0, 0.1) is 0 Å². The topological polar surface area (TPSA) is 65.0 Å². The van der Waals surface area contributed by atoms with E-state index in [1.807, 2.05) is 66.7 Å². The van der Waals surface area contributed by atoms with Crippen LogP contribution in [-0.2, 0) is 0 Å². The summed E-state index contributed by atoms with van der Waals surface area (Å²) in [5.41, 5.74) is 10.4. The SMILES string of the molecule is c1ccc(-c2ccc3oc4cccc(-c5nc(-c6ccccc6)nc(-c6ccc7oc8cc9ccccc9c(-c9ccccc9)c8c7c6)n5)c4c3c2)cc1. The van der Waals surface area contributed by atoms with Gasteiger partial charge in [0.2, 0.25) is 0 Å². The summed E-state index contributed by atoms with van der Waals surface area (Å²) in [6, 6.07) is 60.4. The fourth-order valence-corrected chi connectivity index (χ4v) is 7.81. The van der Waals surface area contributed by atoms with Gasteiger partial charge >= 0.3 is 0 Å². The number of furan rings is 2. The monoisotopic (exact) mass is 691 g/mol. The van der Waals surface area contributed by atoms with Gasteiger partial charge in [0, 0.05) is 43.8 Å². The molecule has 0 unspecified atom stereocenters. The van der Waals surface area contributed by atoms with E-state index in [-0.39, 0.29) is 0 Å². The maximum absolute atomic E-state index is 6.56. The van der Waals surface area contributed by atoms with E-state index in [0.717, 1.165) is 88.2 Å². The molecule has 11 rings (SSSR count). The van der Waals surface area contributed by atoms with Crippen molar-refractivity contribution < 1.29 is 8.83 Å². The minimum atomic E-state index is 0.574. The number of nitrogens with zero attached hydrogens (tertiary/aromatic N) is 3. The standard InChI is InChI=1S/C49H29N3O2/c1-4-13-30(14-5-1)33-23-25-40-38(27-33)45-37(21-12-22-42(45)53-40)49-51-47(32-17-8-3-9-18-32)50-48(52-49)35-24-26-41-39(28-35)46-43(54-41)29-34-19-10-11-20-36(34)44(46)31-15-6-2-7-16-31/h1-29H. The number of aromatic nitrogens is 3. The summed E-state index contributed by atoms with van der Waals surface area (Å²) in [6.07, 6.45) is 0. The minimum absolute atomic E-state index is 0.574. The molecule has 0 radical (unpaired) electrons. The second-order valence-electron chi connectivity index (χ2n) is 13.6. The van der Waals surface area contributed by atoms with Crippen molar-refractivity contribution in [3.8, 4) is 56.4 Å². The van der Waals surface area contributed by atoms with Crippen LogP contribution in [0.4, 0.5) is 0 Å². The average Bonchev–Trinajstić information content (AvgIpc) is 3.81. The Labute approximate surface area is 309 Å². The molecule has 0 fully saturated rings. The zero-order valence-electron chi connectivity index (χ0n) is 28.9. The van der Waals surface area contributed by atoms with Crippen LogP contribution in [0.5, 0.6) is 0 Å². The molecule has 0 amide bonds. The first-order chi connectivity index (χ1) is 26.7. The Morgan fingerprint density at radius 3 is 1.65 bits per heavy atom. The van der Waals surface area contributed by atoms with Crippen LogP contribution in [0.15, 0.2) is 185 Å². The lowest BCUT2D eigenvalue weighted by Gasteiger charge is -2.10. The third kappa shape index (κ3) is 4.90. The molecule has 8 aromatic carbocycles. The van der Waals surface area contributed by atoms with Crippen LogP contribution in [0.25, 0.3) is 111 Å². The van der Waals surface area contributed by atoms with Gasteiger partial charge in [0.05, 0.1) is 0 Å². The molecule has 0 N–H and O–H groups in total. The van der Waals surface area contributed by atoms with Crippen molar-refractivity contribution in [2.24, 2.45) is 0 Å². The van der Waals surface area contributed by atoms with E-state index in [0.29, 0.717) is 17.5 Å². The van der Waals surface area contributed by atoms with Crippen LogP contribution >= 0.6 is 0 Å². The van der Waals surface area contributed by atoms with Crippen molar-refractivity contribution >= 4 is 54.6 Å². The number of rotatable bonds is 5. The maximum Gasteiger partial charge on any atom is 0.164 e. The molecule has 0 atom stereocenters. The molecule has 0 aliphatic heterocycles. The Bertz CT molecular complexity index is 3200. The highest BCUT2D eigenvalue weighted by Crippen LogP contribution is 2.43. The molecular formula is C49H29N3O2. The van der Waals surface area contributed by atoms with Gasteiger partial charge in [-0.25, -0.2) is 15.0 Å². The van der Waals surface area contributed by atoms with Gasteiger partial charge in [0.25, 0.3) is 0 Å². The van der Waals surface area contributed by atoms with E-state index in [1.54, 1.807) is 0 Å². The highest BCUT2D eigenvalue weighted by Gasteiger charge is 2.21. The summed E-state index contributed by atoms with van der Waals surface area (Å²) in [4.78, 5) is 15.5. The third-order valence-corrected chi connectivity index (χ3v) is 10.3. The largest absolute Gasteiger partial charge is 0.456 e. The van der Waals surface area contributed by atoms with Gasteiger partial charge in [-0.05, 0) is 69.9 Å². The summed E-state index contributed by atoms with van der Waals surface area (Å²) in [5, 5.41) is 6.36. The molecule has 11 aromatic rings. The number of benzene rings is 8. The van der Waals surface area contributed by atoms with Gasteiger partial charge in [-0.15, -0.1) is 0 Å². The fraction of sp³-hybridized carbons (Fsp3) is 0. The van der Waals surface area contributed by atoms with Crippen LogP contribution < -0.4 is 0 Å². The fourth-order valence-electron chi connectivity index (χ4n) is 7.81. The molecule has 3 aromatic heterocycles. The van der Waals surface area contributed by atoms with Crippen molar-refractivity contribution in [1.82, 2.24) is 15.0 Å². The van der Waals surface area contributed by atoms with E-state index >= 15 is 0 Å². The molecule has 5 heteroatoms. The van der Waals surface area contributed by atoms with Crippen molar-refractivity contribution in [2.45, 2.75) is 0 Å². The molecule has 0 saturated carbocycles. The molecular weight excluding hydrogens is 663 g/mol. The first kappa shape index (κ1) is 30.3. The summed E-state index contributed by atoms with van der Waals surface area (Å²) in [6.45, 7) is 0. The van der Waals surface area contributed by atoms with Gasteiger partial charge in [0.15, 0.2) is 17.5 Å². The lowest BCUT2D eigenvalue weighted by atomic mass is 9.93. The molecule has 0 saturated heterocycles. The van der Waals surface area contributed by atoms with Crippen LogP contribution in [0.1, 0.15) is 0 Å². The van der Waals surface area contributed by atoms with Gasteiger partial charge in [-0.1, -0.05) is 133 Å². The number of hydrogen-bond acceptors (Lipinski definition) is 5. The molecule has 5 nitrogen and oxygen atoms in total. The summed E-state index contributed by atoms with van der Waals surface area (Å²) in [7, 11) is 0. The predicted octanol–water partition coefficient (Wildman–Crippen LogP) is 13.2. The molecule has 0 aliphatic carbocycles. The van der Waals surface area contributed by atoms with Gasteiger partial charge in [-0.2, -0.15) is 0 Å². The van der Waals surface area contributed by atoms with Crippen LogP contribution in [-0.4, -0.2) is 15.0 Å². The Morgan fingerprint density at radius 1 is 0.315 bits per heavy atom.